The van der Waals surface area contributed by atoms with Gasteiger partial charge in [-0.15, -0.1) is 11.3 Å². The predicted molar refractivity (Wildman–Crippen MR) is 79.2 cm³/mol. The Morgan fingerprint density at radius 2 is 1.95 bits per heavy atom. The first-order valence-corrected chi connectivity index (χ1v) is 7.83. The molecule has 0 saturated heterocycles. The molecule has 19 heavy (non-hydrogen) atoms. The van der Waals surface area contributed by atoms with Gasteiger partial charge in [0.2, 0.25) is 0 Å². The van der Waals surface area contributed by atoms with Crippen molar-refractivity contribution in [2.45, 2.75) is 6.54 Å². The van der Waals surface area contributed by atoms with Crippen LogP contribution >= 0.6 is 11.3 Å². The van der Waals surface area contributed by atoms with Crippen molar-refractivity contribution >= 4 is 38.6 Å². The predicted octanol–water partition coefficient (Wildman–Crippen LogP) is 1.56. The second kappa shape index (κ2) is 5.47. The minimum Gasteiger partial charge on any atom is -0.398 e. The lowest BCUT2D eigenvalue weighted by atomic mass is 10.3. The molecule has 0 aliphatic rings. The third-order valence-corrected chi connectivity index (χ3v) is 3.81. The molecule has 0 amide bonds. The van der Waals surface area contributed by atoms with Gasteiger partial charge in [-0.3, -0.25) is 4.72 Å². The quantitative estimate of drug-likeness (QED) is 0.671. The summed E-state index contributed by atoms with van der Waals surface area (Å²) >= 11 is 1.56. The summed E-state index contributed by atoms with van der Waals surface area (Å²) in [5.41, 5.74) is 7.71. The molecule has 0 unspecified atom stereocenters. The molecule has 0 radical (unpaired) electrons. The molecule has 0 aliphatic heterocycles. The highest BCUT2D eigenvalue weighted by Gasteiger charge is 2.04. The van der Waals surface area contributed by atoms with Crippen LogP contribution in [0.3, 0.4) is 0 Å². The van der Waals surface area contributed by atoms with Gasteiger partial charge < -0.3 is 11.1 Å². The normalized spacial score (nSPS) is 11.2. The Kier molecular flexibility index (Phi) is 3.93. The number of anilines is 3. The van der Waals surface area contributed by atoms with E-state index in [1.165, 1.54) is 0 Å². The van der Waals surface area contributed by atoms with Gasteiger partial charge in [-0.2, -0.15) is 8.42 Å². The molecule has 0 atom stereocenters. The topological polar surface area (TPSA) is 110 Å². The van der Waals surface area contributed by atoms with Gasteiger partial charge in [-0.1, -0.05) is 6.07 Å². The first-order valence-electron chi connectivity index (χ1n) is 5.40. The molecule has 2 aromatic rings. The summed E-state index contributed by atoms with van der Waals surface area (Å²) in [6, 6.07) is 8.69. The van der Waals surface area contributed by atoms with E-state index in [2.05, 4.69) is 10.0 Å². The summed E-state index contributed by atoms with van der Waals surface area (Å²) in [6.45, 7) is 0.586. The Balaban J connectivity index is 2.05. The van der Waals surface area contributed by atoms with E-state index in [0.29, 0.717) is 12.2 Å². The van der Waals surface area contributed by atoms with Crippen LogP contribution in [0.4, 0.5) is 17.1 Å². The smallest absolute Gasteiger partial charge is 0.296 e. The van der Waals surface area contributed by atoms with Crippen molar-refractivity contribution in [3.05, 3.63) is 40.6 Å². The summed E-state index contributed by atoms with van der Waals surface area (Å²) in [7, 11) is -3.75. The van der Waals surface area contributed by atoms with Crippen LogP contribution in [0.15, 0.2) is 35.7 Å². The average Bonchev–Trinajstić information content (AvgIpc) is 2.70. The van der Waals surface area contributed by atoms with Gasteiger partial charge in [-0.25, -0.2) is 5.14 Å². The fourth-order valence-corrected chi connectivity index (χ4v) is 2.73. The van der Waals surface area contributed by atoms with E-state index in [1.807, 2.05) is 17.5 Å². The fourth-order valence-electron chi connectivity index (χ4n) is 1.53. The van der Waals surface area contributed by atoms with Gasteiger partial charge >= 0.3 is 0 Å². The molecule has 0 fully saturated rings. The summed E-state index contributed by atoms with van der Waals surface area (Å²) in [4.78, 5) is 1.03. The highest BCUT2D eigenvalue weighted by Crippen LogP contribution is 2.21. The zero-order valence-corrected chi connectivity index (χ0v) is 11.6. The first kappa shape index (κ1) is 13.7. The van der Waals surface area contributed by atoms with Crippen LogP contribution in [0, 0.1) is 0 Å². The van der Waals surface area contributed by atoms with Crippen molar-refractivity contribution in [3.8, 4) is 0 Å². The maximum atomic E-state index is 10.9. The van der Waals surface area contributed by atoms with E-state index in [0.717, 1.165) is 16.3 Å². The lowest BCUT2D eigenvalue weighted by Gasteiger charge is -2.08. The molecular weight excluding hydrogens is 284 g/mol. The second-order valence-electron chi connectivity index (χ2n) is 3.88. The number of thiophene rings is 1. The molecular formula is C11H14N4O2S2. The van der Waals surface area contributed by atoms with Crippen LogP contribution in [0.1, 0.15) is 4.88 Å². The summed E-state index contributed by atoms with van der Waals surface area (Å²) in [5.74, 6) is 0. The van der Waals surface area contributed by atoms with Crippen LogP contribution in [-0.2, 0) is 16.8 Å². The van der Waals surface area contributed by atoms with Crippen LogP contribution in [0.25, 0.3) is 0 Å². The molecule has 1 heterocycles. The number of nitrogens with two attached hydrogens (primary N) is 2. The molecule has 6 nitrogen and oxygen atoms in total. The van der Waals surface area contributed by atoms with Crippen molar-refractivity contribution in [2.75, 3.05) is 15.8 Å². The minimum absolute atomic E-state index is 0.409. The Morgan fingerprint density at radius 1 is 1.21 bits per heavy atom. The van der Waals surface area contributed by atoms with Crippen LogP contribution in [-0.4, -0.2) is 8.42 Å². The highest BCUT2D eigenvalue weighted by atomic mass is 32.2. The van der Waals surface area contributed by atoms with Crippen molar-refractivity contribution in [2.24, 2.45) is 5.14 Å². The van der Waals surface area contributed by atoms with Gasteiger partial charge in [0, 0.05) is 16.3 Å². The molecule has 102 valence electrons. The number of hydrogen-bond acceptors (Lipinski definition) is 5. The molecule has 1 aromatic heterocycles. The Hall–Kier alpha value is -1.77. The third-order valence-electron chi connectivity index (χ3n) is 2.36. The van der Waals surface area contributed by atoms with E-state index in [4.69, 9.17) is 10.9 Å². The Labute approximate surface area is 115 Å². The van der Waals surface area contributed by atoms with Crippen molar-refractivity contribution in [3.63, 3.8) is 0 Å². The van der Waals surface area contributed by atoms with Crippen LogP contribution < -0.4 is 20.9 Å². The SMILES string of the molecule is Nc1ccsc1CNc1cccc(NS(N)(=O)=O)c1. The van der Waals surface area contributed by atoms with E-state index in [9.17, 15) is 8.42 Å². The van der Waals surface area contributed by atoms with E-state index in [-0.39, 0.29) is 0 Å². The number of nitrogens with one attached hydrogen (secondary N) is 2. The molecule has 6 N–H and O–H groups in total. The van der Waals surface area contributed by atoms with E-state index < -0.39 is 10.2 Å². The monoisotopic (exact) mass is 298 g/mol. The van der Waals surface area contributed by atoms with E-state index in [1.54, 1.807) is 29.5 Å². The molecule has 8 heteroatoms. The molecule has 0 saturated carbocycles. The van der Waals surface area contributed by atoms with Crippen LogP contribution in [0.5, 0.6) is 0 Å². The van der Waals surface area contributed by atoms with Crippen molar-refractivity contribution < 1.29 is 8.42 Å². The molecule has 0 spiro atoms. The summed E-state index contributed by atoms with van der Waals surface area (Å²) in [5, 5.41) is 10.0. The van der Waals surface area contributed by atoms with Gasteiger partial charge in [0.1, 0.15) is 0 Å². The second-order valence-corrected chi connectivity index (χ2v) is 6.18. The first-order chi connectivity index (χ1) is 8.94. The Bertz CT molecular complexity index is 667. The zero-order valence-electron chi connectivity index (χ0n) is 9.96. The third kappa shape index (κ3) is 4.12. The lowest BCUT2D eigenvalue weighted by Crippen LogP contribution is -2.21. The largest absolute Gasteiger partial charge is 0.398 e. The lowest BCUT2D eigenvalue weighted by molar-refractivity contribution is 0.603. The standard InChI is InChI=1S/C11H14N4O2S2/c12-10-4-5-18-11(10)7-14-8-2-1-3-9(6-8)15-19(13,16)17/h1-6,14-15H,7,12H2,(H2,13,16,17). The highest BCUT2D eigenvalue weighted by molar-refractivity contribution is 7.90. The molecule has 2 rings (SSSR count). The summed E-state index contributed by atoms with van der Waals surface area (Å²) < 4.78 is 24.1. The molecule has 0 aliphatic carbocycles. The number of rotatable bonds is 5. The van der Waals surface area contributed by atoms with Gasteiger partial charge in [0.15, 0.2) is 0 Å². The number of hydrogen-bond donors (Lipinski definition) is 4. The zero-order chi connectivity index (χ0) is 13.9. The molecule has 1 aromatic carbocycles. The van der Waals surface area contributed by atoms with Crippen LogP contribution in [0.2, 0.25) is 0 Å². The molecule has 0 bridgehead atoms. The average molecular weight is 298 g/mol. The summed E-state index contributed by atoms with van der Waals surface area (Å²) in [6.07, 6.45) is 0. The number of benzene rings is 1. The maximum absolute atomic E-state index is 10.9. The van der Waals surface area contributed by atoms with Gasteiger partial charge in [0.25, 0.3) is 10.2 Å². The Morgan fingerprint density at radius 3 is 2.58 bits per heavy atom. The van der Waals surface area contributed by atoms with Gasteiger partial charge in [0.05, 0.1) is 12.2 Å². The number of nitrogen functional groups attached to an aromatic ring is 1. The van der Waals surface area contributed by atoms with Crippen molar-refractivity contribution in [1.29, 1.82) is 0 Å². The van der Waals surface area contributed by atoms with Crippen molar-refractivity contribution in [1.82, 2.24) is 0 Å². The fraction of sp³-hybridized carbons (Fsp3) is 0.0909. The maximum Gasteiger partial charge on any atom is 0.296 e. The van der Waals surface area contributed by atoms with Gasteiger partial charge in [-0.05, 0) is 29.6 Å². The van der Waals surface area contributed by atoms with E-state index >= 15 is 0 Å². The minimum atomic E-state index is -3.75.